The zero-order valence-corrected chi connectivity index (χ0v) is 11.2. The number of carboxylic acid groups (broad SMARTS) is 1. The van der Waals surface area contributed by atoms with Crippen molar-refractivity contribution in [3.63, 3.8) is 0 Å². The van der Waals surface area contributed by atoms with Gasteiger partial charge in [-0.15, -0.1) is 0 Å². The molecule has 0 aliphatic heterocycles. The van der Waals surface area contributed by atoms with E-state index in [-0.39, 0.29) is 17.6 Å². The molecule has 0 fully saturated rings. The maximum atomic E-state index is 13.3. The summed E-state index contributed by atoms with van der Waals surface area (Å²) in [4.78, 5) is 12.6. The molecule has 0 heterocycles. The van der Waals surface area contributed by atoms with Crippen LogP contribution in [0.25, 0.3) is 0 Å². The first-order chi connectivity index (χ1) is 8.43. The Morgan fingerprint density at radius 2 is 2.22 bits per heavy atom. The van der Waals surface area contributed by atoms with Gasteiger partial charge in [-0.05, 0) is 31.0 Å². The number of benzene rings is 1. The fraction of sp³-hybridized carbons (Fsp3) is 0.462. The van der Waals surface area contributed by atoms with Crippen LogP contribution in [-0.4, -0.2) is 28.6 Å². The van der Waals surface area contributed by atoms with Crippen molar-refractivity contribution >= 4 is 17.6 Å². The van der Waals surface area contributed by atoms with E-state index in [9.17, 15) is 9.18 Å². The molecule has 0 radical (unpaired) electrons. The number of carboxylic acids is 1. The van der Waals surface area contributed by atoms with Crippen LogP contribution in [0.3, 0.4) is 0 Å². The minimum atomic E-state index is -0.885. The van der Waals surface area contributed by atoms with Crippen molar-refractivity contribution in [2.24, 2.45) is 0 Å². The maximum Gasteiger partial charge on any atom is 0.317 e. The van der Waals surface area contributed by atoms with Crippen LogP contribution in [0.5, 0.6) is 0 Å². The van der Waals surface area contributed by atoms with Gasteiger partial charge in [-0.2, -0.15) is 0 Å². The molecule has 0 spiro atoms. The van der Waals surface area contributed by atoms with Crippen LogP contribution in [0, 0.1) is 5.82 Å². The molecule has 0 saturated carbocycles. The highest BCUT2D eigenvalue weighted by atomic mass is 35.5. The molecule has 1 rings (SSSR count). The number of rotatable bonds is 6. The summed E-state index contributed by atoms with van der Waals surface area (Å²) in [6.45, 7) is 4.28. The van der Waals surface area contributed by atoms with Gasteiger partial charge in [0.15, 0.2) is 0 Å². The number of aliphatic carboxylic acids is 1. The van der Waals surface area contributed by atoms with Crippen molar-refractivity contribution in [2.45, 2.75) is 32.9 Å². The zero-order valence-electron chi connectivity index (χ0n) is 10.5. The first kappa shape index (κ1) is 14.9. The topological polar surface area (TPSA) is 40.5 Å². The summed E-state index contributed by atoms with van der Waals surface area (Å²) >= 11 is 5.61. The molecule has 5 heteroatoms. The number of carbonyl (C=O) groups is 1. The average molecular weight is 274 g/mol. The van der Waals surface area contributed by atoms with Crippen molar-refractivity contribution in [2.75, 3.05) is 6.54 Å². The van der Waals surface area contributed by atoms with Crippen LogP contribution in [-0.2, 0) is 11.3 Å². The second-order valence-corrected chi connectivity index (χ2v) is 4.71. The Morgan fingerprint density at radius 1 is 1.56 bits per heavy atom. The molecular weight excluding hydrogens is 257 g/mol. The largest absolute Gasteiger partial charge is 0.480 e. The molecule has 100 valence electrons. The van der Waals surface area contributed by atoms with Gasteiger partial charge >= 0.3 is 5.97 Å². The maximum absolute atomic E-state index is 13.3. The van der Waals surface area contributed by atoms with Gasteiger partial charge in [0.2, 0.25) is 0 Å². The highest BCUT2D eigenvalue weighted by Crippen LogP contribution is 2.18. The van der Waals surface area contributed by atoms with Gasteiger partial charge in [0.25, 0.3) is 0 Å². The fourth-order valence-electron chi connectivity index (χ4n) is 1.67. The first-order valence-corrected chi connectivity index (χ1v) is 6.21. The molecule has 0 bridgehead atoms. The Hall–Kier alpha value is -1.13. The minimum absolute atomic E-state index is 0.0563. The standard InChI is InChI=1S/C13H17ClFNO2/c1-3-9(2)16(8-13(17)18)7-10-4-5-11(14)12(15)6-10/h4-6,9H,3,7-8H2,1-2H3,(H,17,18). The number of nitrogens with zero attached hydrogens (tertiary/aromatic N) is 1. The number of hydrogen-bond acceptors (Lipinski definition) is 2. The Morgan fingerprint density at radius 3 is 2.72 bits per heavy atom. The Labute approximate surface area is 111 Å². The molecule has 1 aromatic carbocycles. The lowest BCUT2D eigenvalue weighted by Crippen LogP contribution is -2.36. The lowest BCUT2D eigenvalue weighted by molar-refractivity contribution is -0.139. The number of hydrogen-bond donors (Lipinski definition) is 1. The zero-order chi connectivity index (χ0) is 13.7. The minimum Gasteiger partial charge on any atom is -0.480 e. The van der Waals surface area contributed by atoms with Gasteiger partial charge in [0.05, 0.1) is 11.6 Å². The molecule has 0 aliphatic carbocycles. The fourth-order valence-corrected chi connectivity index (χ4v) is 1.79. The van der Waals surface area contributed by atoms with E-state index >= 15 is 0 Å². The van der Waals surface area contributed by atoms with E-state index in [0.29, 0.717) is 6.54 Å². The molecule has 1 aromatic rings. The van der Waals surface area contributed by atoms with E-state index in [4.69, 9.17) is 16.7 Å². The van der Waals surface area contributed by atoms with E-state index in [2.05, 4.69) is 0 Å². The Bertz CT molecular complexity index is 425. The predicted octanol–water partition coefficient (Wildman–Crippen LogP) is 3.16. The molecule has 1 unspecified atom stereocenters. The molecule has 18 heavy (non-hydrogen) atoms. The molecule has 0 aromatic heterocycles. The summed E-state index contributed by atoms with van der Waals surface area (Å²) in [6, 6.07) is 4.67. The summed E-state index contributed by atoms with van der Waals surface area (Å²) in [5.74, 6) is -1.36. The van der Waals surface area contributed by atoms with Crippen molar-refractivity contribution < 1.29 is 14.3 Å². The quantitative estimate of drug-likeness (QED) is 0.865. The lowest BCUT2D eigenvalue weighted by atomic mass is 10.1. The van der Waals surface area contributed by atoms with Crippen LogP contribution in [0.15, 0.2) is 18.2 Å². The summed E-state index contributed by atoms with van der Waals surface area (Å²) in [5, 5.41) is 8.94. The van der Waals surface area contributed by atoms with Crippen LogP contribution in [0.4, 0.5) is 4.39 Å². The molecule has 3 nitrogen and oxygen atoms in total. The van der Waals surface area contributed by atoms with Crippen molar-refractivity contribution in [3.8, 4) is 0 Å². The van der Waals surface area contributed by atoms with Crippen molar-refractivity contribution in [1.82, 2.24) is 4.90 Å². The normalized spacial score (nSPS) is 12.7. The highest BCUT2D eigenvalue weighted by Gasteiger charge is 2.16. The van der Waals surface area contributed by atoms with Crippen LogP contribution in [0.1, 0.15) is 25.8 Å². The molecular formula is C13H17ClFNO2. The van der Waals surface area contributed by atoms with Gasteiger partial charge < -0.3 is 5.11 Å². The summed E-state index contributed by atoms with van der Waals surface area (Å²) in [7, 11) is 0. The second-order valence-electron chi connectivity index (χ2n) is 4.30. The third kappa shape index (κ3) is 4.27. The van der Waals surface area contributed by atoms with E-state index < -0.39 is 11.8 Å². The SMILES string of the molecule is CCC(C)N(CC(=O)O)Cc1ccc(Cl)c(F)c1. The monoisotopic (exact) mass is 273 g/mol. The van der Waals surface area contributed by atoms with Gasteiger partial charge in [-0.1, -0.05) is 24.6 Å². The third-order valence-electron chi connectivity index (χ3n) is 2.92. The summed E-state index contributed by atoms with van der Waals surface area (Å²) < 4.78 is 13.3. The summed E-state index contributed by atoms with van der Waals surface area (Å²) in [5.41, 5.74) is 0.721. The first-order valence-electron chi connectivity index (χ1n) is 5.83. The number of halogens is 2. The van der Waals surface area contributed by atoms with Gasteiger partial charge in [-0.3, -0.25) is 9.69 Å². The molecule has 1 atom stereocenters. The van der Waals surface area contributed by atoms with E-state index in [1.54, 1.807) is 11.0 Å². The van der Waals surface area contributed by atoms with E-state index in [1.807, 2.05) is 13.8 Å². The molecule has 0 aliphatic rings. The van der Waals surface area contributed by atoms with Gasteiger partial charge in [0, 0.05) is 12.6 Å². The van der Waals surface area contributed by atoms with Gasteiger partial charge in [0.1, 0.15) is 5.82 Å². The average Bonchev–Trinajstić information content (AvgIpc) is 2.31. The van der Waals surface area contributed by atoms with Crippen molar-refractivity contribution in [3.05, 3.63) is 34.6 Å². The molecule has 0 amide bonds. The Kier molecular flexibility index (Phi) is 5.56. The van der Waals surface area contributed by atoms with Gasteiger partial charge in [-0.25, -0.2) is 4.39 Å². The highest BCUT2D eigenvalue weighted by molar-refractivity contribution is 6.30. The molecule has 1 N–H and O–H groups in total. The third-order valence-corrected chi connectivity index (χ3v) is 3.23. The summed E-state index contributed by atoms with van der Waals surface area (Å²) in [6.07, 6.45) is 0.837. The smallest absolute Gasteiger partial charge is 0.317 e. The van der Waals surface area contributed by atoms with E-state index in [0.717, 1.165) is 12.0 Å². The lowest BCUT2D eigenvalue weighted by Gasteiger charge is -2.26. The second kappa shape index (κ2) is 6.71. The van der Waals surface area contributed by atoms with E-state index in [1.165, 1.54) is 12.1 Å². The molecule has 0 saturated heterocycles. The predicted molar refractivity (Wildman–Crippen MR) is 69.2 cm³/mol. The van der Waals surface area contributed by atoms with Crippen LogP contribution in [0.2, 0.25) is 5.02 Å². The van der Waals surface area contributed by atoms with Crippen molar-refractivity contribution in [1.29, 1.82) is 0 Å². The van der Waals surface area contributed by atoms with Crippen LogP contribution < -0.4 is 0 Å². The Balaban J connectivity index is 2.81. The van der Waals surface area contributed by atoms with Crippen LogP contribution >= 0.6 is 11.6 Å².